The van der Waals surface area contributed by atoms with Gasteiger partial charge in [-0.2, -0.15) is 0 Å². The summed E-state index contributed by atoms with van der Waals surface area (Å²) in [4.78, 5) is 12.2. The topological polar surface area (TPSA) is 64.4 Å². The molecule has 6 heteroatoms. The Hall–Kier alpha value is -2.79. The van der Waals surface area contributed by atoms with Gasteiger partial charge in [0.1, 0.15) is 11.9 Å². The second-order valence-electron chi connectivity index (χ2n) is 6.72. The van der Waals surface area contributed by atoms with Crippen LogP contribution in [0.3, 0.4) is 0 Å². The van der Waals surface area contributed by atoms with E-state index >= 15 is 0 Å². The fraction of sp³-hybridized carbons (Fsp3) is 0.238. The van der Waals surface area contributed by atoms with E-state index in [1.807, 2.05) is 30.3 Å². The lowest BCUT2D eigenvalue weighted by Crippen LogP contribution is -2.24. The maximum Gasteiger partial charge on any atom is 0.226 e. The first kappa shape index (κ1) is 17.6. The van der Waals surface area contributed by atoms with Crippen molar-refractivity contribution in [2.24, 2.45) is 0 Å². The Morgan fingerprint density at radius 3 is 2.85 bits per heavy atom. The van der Waals surface area contributed by atoms with Crippen LogP contribution in [0.4, 0.5) is 0 Å². The summed E-state index contributed by atoms with van der Waals surface area (Å²) in [6.07, 6.45) is 1.25. The monoisotopic (exact) mass is 382 g/mol. The number of nitrogens with one attached hydrogen (secondary N) is 1. The minimum atomic E-state index is -0.110. The van der Waals surface area contributed by atoms with Gasteiger partial charge in [-0.1, -0.05) is 28.9 Å². The van der Waals surface area contributed by atoms with Gasteiger partial charge in [0, 0.05) is 29.6 Å². The Labute approximate surface area is 162 Å². The van der Waals surface area contributed by atoms with Crippen molar-refractivity contribution in [1.29, 1.82) is 0 Å². The van der Waals surface area contributed by atoms with E-state index in [1.54, 1.807) is 12.1 Å². The van der Waals surface area contributed by atoms with Gasteiger partial charge in [0.2, 0.25) is 5.91 Å². The minimum absolute atomic E-state index is 0.110. The Kier molecular flexibility index (Phi) is 4.86. The van der Waals surface area contributed by atoms with Crippen molar-refractivity contribution in [1.82, 2.24) is 10.5 Å². The van der Waals surface area contributed by atoms with Crippen LogP contribution in [0.15, 0.2) is 53.1 Å². The van der Waals surface area contributed by atoms with Gasteiger partial charge in [0.05, 0.1) is 12.1 Å². The predicted octanol–water partition coefficient (Wildman–Crippen LogP) is 4.18. The summed E-state index contributed by atoms with van der Waals surface area (Å²) in [6, 6.07) is 15.1. The summed E-state index contributed by atoms with van der Waals surface area (Å²) in [5, 5.41) is 7.57. The van der Waals surface area contributed by atoms with Crippen LogP contribution in [-0.4, -0.2) is 17.2 Å². The SMILES string of the molecule is CC1Cc2cc(-c3cc(CC(=O)NCc4ccc(Cl)cc4)no3)ccc2O1. The number of amides is 1. The average molecular weight is 383 g/mol. The van der Waals surface area contributed by atoms with Gasteiger partial charge in [-0.05, 0) is 48.4 Å². The minimum Gasteiger partial charge on any atom is -0.490 e. The maximum absolute atomic E-state index is 12.2. The first-order valence-corrected chi connectivity index (χ1v) is 9.21. The number of fused-ring (bicyclic) bond motifs is 1. The second kappa shape index (κ2) is 7.45. The number of ether oxygens (including phenoxy) is 1. The quantitative estimate of drug-likeness (QED) is 0.719. The molecule has 0 aliphatic carbocycles. The van der Waals surface area contributed by atoms with E-state index in [-0.39, 0.29) is 18.4 Å². The zero-order valence-corrected chi connectivity index (χ0v) is 15.6. The molecule has 27 heavy (non-hydrogen) atoms. The molecule has 1 atom stereocenters. The summed E-state index contributed by atoms with van der Waals surface area (Å²) in [5.74, 6) is 1.46. The molecule has 138 valence electrons. The molecule has 2 aromatic carbocycles. The normalized spacial score (nSPS) is 15.3. The number of carbonyl (C=O) groups is 1. The first-order valence-electron chi connectivity index (χ1n) is 8.83. The number of rotatable bonds is 5. The van der Waals surface area contributed by atoms with E-state index in [4.69, 9.17) is 20.9 Å². The third kappa shape index (κ3) is 4.14. The summed E-state index contributed by atoms with van der Waals surface area (Å²) in [7, 11) is 0. The number of halogens is 1. The van der Waals surface area contributed by atoms with Crippen molar-refractivity contribution in [3.05, 3.63) is 70.4 Å². The molecule has 0 fully saturated rings. The molecule has 0 saturated heterocycles. The van der Waals surface area contributed by atoms with Gasteiger partial charge in [-0.3, -0.25) is 4.79 Å². The molecule has 2 heterocycles. The fourth-order valence-corrected chi connectivity index (χ4v) is 3.26. The zero-order chi connectivity index (χ0) is 18.8. The van der Waals surface area contributed by atoms with Crippen LogP contribution in [-0.2, 0) is 24.2 Å². The van der Waals surface area contributed by atoms with Crippen LogP contribution in [0.25, 0.3) is 11.3 Å². The highest BCUT2D eigenvalue weighted by Crippen LogP contribution is 2.33. The molecule has 1 aromatic heterocycles. The highest BCUT2D eigenvalue weighted by molar-refractivity contribution is 6.30. The largest absolute Gasteiger partial charge is 0.490 e. The van der Waals surface area contributed by atoms with Gasteiger partial charge in [-0.15, -0.1) is 0 Å². The van der Waals surface area contributed by atoms with Gasteiger partial charge in [0.25, 0.3) is 0 Å². The molecule has 0 radical (unpaired) electrons. The van der Waals surface area contributed by atoms with Gasteiger partial charge < -0.3 is 14.6 Å². The molecule has 0 saturated carbocycles. The molecule has 4 rings (SSSR count). The van der Waals surface area contributed by atoms with Crippen molar-refractivity contribution in [3.63, 3.8) is 0 Å². The highest BCUT2D eigenvalue weighted by atomic mass is 35.5. The molecule has 1 amide bonds. The van der Waals surface area contributed by atoms with Crippen LogP contribution >= 0.6 is 11.6 Å². The van der Waals surface area contributed by atoms with Crippen molar-refractivity contribution in [3.8, 4) is 17.1 Å². The zero-order valence-electron chi connectivity index (χ0n) is 14.9. The van der Waals surface area contributed by atoms with E-state index in [1.165, 1.54) is 5.56 Å². The lowest BCUT2D eigenvalue weighted by atomic mass is 10.1. The lowest BCUT2D eigenvalue weighted by Gasteiger charge is -2.04. The third-order valence-corrected chi connectivity index (χ3v) is 4.74. The number of aromatic nitrogens is 1. The summed E-state index contributed by atoms with van der Waals surface area (Å²) in [5.41, 5.74) is 3.69. The van der Waals surface area contributed by atoms with Crippen molar-refractivity contribution >= 4 is 17.5 Å². The highest BCUT2D eigenvalue weighted by Gasteiger charge is 2.20. The number of nitrogens with zero attached hydrogens (tertiary/aromatic N) is 1. The van der Waals surface area contributed by atoms with E-state index in [9.17, 15) is 4.79 Å². The van der Waals surface area contributed by atoms with Crippen LogP contribution in [0, 0.1) is 0 Å². The molecule has 3 aromatic rings. The number of hydrogen-bond acceptors (Lipinski definition) is 4. The first-order chi connectivity index (χ1) is 13.1. The van der Waals surface area contributed by atoms with E-state index < -0.39 is 0 Å². The second-order valence-corrected chi connectivity index (χ2v) is 7.15. The molecule has 0 spiro atoms. The molecule has 1 N–H and O–H groups in total. The van der Waals surface area contributed by atoms with Gasteiger partial charge in [0.15, 0.2) is 5.76 Å². The molecule has 1 unspecified atom stereocenters. The summed E-state index contributed by atoms with van der Waals surface area (Å²) >= 11 is 5.86. The lowest BCUT2D eigenvalue weighted by molar-refractivity contribution is -0.120. The standard InChI is InChI=1S/C21H19ClN2O3/c1-13-8-16-9-15(4-7-19(16)26-13)20-10-18(24-27-20)11-21(25)23-12-14-2-5-17(22)6-3-14/h2-7,9-10,13H,8,11-12H2,1H3,(H,23,25). The van der Waals surface area contributed by atoms with Crippen molar-refractivity contribution in [2.75, 3.05) is 0 Å². The summed E-state index contributed by atoms with van der Waals surface area (Å²) in [6.45, 7) is 2.50. The van der Waals surface area contributed by atoms with Crippen LogP contribution in [0.2, 0.25) is 5.02 Å². The molecule has 5 nitrogen and oxygen atoms in total. The number of hydrogen-bond donors (Lipinski definition) is 1. The van der Waals surface area contributed by atoms with Crippen LogP contribution in [0.5, 0.6) is 5.75 Å². The van der Waals surface area contributed by atoms with Crippen LogP contribution in [0.1, 0.15) is 23.7 Å². The van der Waals surface area contributed by atoms with E-state index in [0.29, 0.717) is 23.0 Å². The maximum atomic E-state index is 12.2. The predicted molar refractivity (Wildman–Crippen MR) is 103 cm³/mol. The van der Waals surface area contributed by atoms with E-state index in [0.717, 1.165) is 23.3 Å². The Bertz CT molecular complexity index is 966. The Morgan fingerprint density at radius 1 is 1.22 bits per heavy atom. The molecule has 1 aliphatic heterocycles. The molecular weight excluding hydrogens is 364 g/mol. The van der Waals surface area contributed by atoms with Crippen LogP contribution < -0.4 is 10.1 Å². The van der Waals surface area contributed by atoms with Gasteiger partial charge in [-0.25, -0.2) is 0 Å². The Balaban J connectivity index is 1.37. The average Bonchev–Trinajstić information content (AvgIpc) is 3.26. The number of carbonyl (C=O) groups excluding carboxylic acids is 1. The Morgan fingerprint density at radius 2 is 2.04 bits per heavy atom. The molecule has 0 bridgehead atoms. The van der Waals surface area contributed by atoms with E-state index in [2.05, 4.69) is 23.5 Å². The third-order valence-electron chi connectivity index (χ3n) is 4.48. The fourth-order valence-electron chi connectivity index (χ4n) is 3.14. The number of benzene rings is 2. The van der Waals surface area contributed by atoms with Crippen molar-refractivity contribution in [2.45, 2.75) is 32.4 Å². The molecule has 1 aliphatic rings. The molecular formula is C21H19ClN2O3. The smallest absolute Gasteiger partial charge is 0.226 e. The van der Waals surface area contributed by atoms with Crippen molar-refractivity contribution < 1.29 is 14.1 Å². The summed E-state index contributed by atoms with van der Waals surface area (Å²) < 4.78 is 11.1. The van der Waals surface area contributed by atoms with Gasteiger partial charge >= 0.3 is 0 Å².